The second-order valence-corrected chi connectivity index (χ2v) is 5.30. The van der Waals surface area contributed by atoms with E-state index in [1.165, 1.54) is 0 Å². The lowest BCUT2D eigenvalue weighted by molar-refractivity contribution is 0.104. The Labute approximate surface area is 128 Å². The molecular weight excluding hydrogens is 276 g/mol. The van der Waals surface area contributed by atoms with Crippen molar-refractivity contribution >= 4 is 5.78 Å². The lowest BCUT2D eigenvalue weighted by atomic mass is 9.91. The van der Waals surface area contributed by atoms with E-state index in [-0.39, 0.29) is 17.3 Å². The van der Waals surface area contributed by atoms with Crippen LogP contribution in [0.3, 0.4) is 0 Å². The van der Waals surface area contributed by atoms with Gasteiger partial charge in [0.15, 0.2) is 5.78 Å². The monoisotopic (exact) mass is 292 g/mol. The quantitative estimate of drug-likeness (QED) is 0.720. The van der Waals surface area contributed by atoms with Crippen LogP contribution >= 0.6 is 0 Å². The minimum atomic E-state index is -0.168. The van der Waals surface area contributed by atoms with Gasteiger partial charge in [0.2, 0.25) is 0 Å². The first-order chi connectivity index (χ1) is 10.6. The highest BCUT2D eigenvalue weighted by Gasteiger charge is 2.34. The van der Waals surface area contributed by atoms with E-state index < -0.39 is 0 Å². The predicted octanol–water partition coefficient (Wildman–Crippen LogP) is 3.77. The van der Waals surface area contributed by atoms with Gasteiger partial charge in [0.05, 0.1) is 0 Å². The molecule has 0 aliphatic heterocycles. The van der Waals surface area contributed by atoms with Gasteiger partial charge in [0.25, 0.3) is 0 Å². The molecule has 0 spiro atoms. The number of hydrogen-bond donors (Lipinski definition) is 2. The molecule has 1 aliphatic carbocycles. The Morgan fingerprint density at radius 1 is 0.955 bits per heavy atom. The second kappa shape index (κ2) is 5.19. The second-order valence-electron chi connectivity index (χ2n) is 5.30. The number of carbonyl (C=O) groups excluding carboxylic acids is 1. The third-order valence-electron chi connectivity index (χ3n) is 3.97. The average Bonchev–Trinajstić information content (AvgIpc) is 2.79. The van der Waals surface area contributed by atoms with Crippen molar-refractivity contribution in [2.24, 2.45) is 0 Å². The van der Waals surface area contributed by atoms with E-state index in [1.807, 2.05) is 0 Å². The highest BCUT2D eigenvalue weighted by Crippen LogP contribution is 2.47. The molecule has 3 heteroatoms. The van der Waals surface area contributed by atoms with Crippen molar-refractivity contribution in [1.29, 1.82) is 0 Å². The zero-order chi connectivity index (χ0) is 15.9. The molecule has 3 rings (SSSR count). The van der Waals surface area contributed by atoms with E-state index in [1.54, 1.807) is 36.4 Å². The van der Waals surface area contributed by atoms with Gasteiger partial charge < -0.3 is 10.2 Å². The first-order valence-corrected chi connectivity index (χ1v) is 7.06. The summed E-state index contributed by atoms with van der Waals surface area (Å²) in [6.45, 7) is 7.41. The molecule has 2 N–H and O–H groups in total. The van der Waals surface area contributed by atoms with Gasteiger partial charge >= 0.3 is 0 Å². The molecule has 0 fully saturated rings. The molecule has 22 heavy (non-hydrogen) atoms. The van der Waals surface area contributed by atoms with E-state index in [0.717, 1.165) is 5.56 Å². The van der Waals surface area contributed by atoms with Crippen molar-refractivity contribution in [2.45, 2.75) is 12.8 Å². The Bertz CT molecular complexity index is 816. The highest BCUT2D eigenvalue weighted by molar-refractivity contribution is 6.24. The molecule has 1 aliphatic rings. The Morgan fingerprint density at radius 3 is 2.36 bits per heavy atom. The molecule has 2 aromatic carbocycles. The van der Waals surface area contributed by atoms with Crippen molar-refractivity contribution in [3.63, 3.8) is 0 Å². The van der Waals surface area contributed by atoms with Crippen LogP contribution in [0.5, 0.6) is 11.5 Å². The molecule has 0 bridgehead atoms. The van der Waals surface area contributed by atoms with Gasteiger partial charge in [-0.2, -0.15) is 0 Å². The fraction of sp³-hybridized carbons (Fsp3) is 0.105. The smallest absolute Gasteiger partial charge is 0.194 e. The topological polar surface area (TPSA) is 57.5 Å². The van der Waals surface area contributed by atoms with E-state index in [9.17, 15) is 15.0 Å². The normalized spacial score (nSPS) is 11.9. The van der Waals surface area contributed by atoms with Crippen molar-refractivity contribution in [3.8, 4) is 22.6 Å². The number of ketones is 1. The number of hydrogen-bond acceptors (Lipinski definition) is 3. The number of allylic oxidation sites excluding steroid dienone is 2. The number of aromatic hydroxyl groups is 2. The van der Waals surface area contributed by atoms with Gasteiger partial charge in [-0.15, -0.1) is 13.2 Å². The predicted molar refractivity (Wildman–Crippen MR) is 86.4 cm³/mol. The van der Waals surface area contributed by atoms with E-state index in [4.69, 9.17) is 0 Å². The van der Waals surface area contributed by atoms with Gasteiger partial charge in [-0.25, -0.2) is 0 Å². The third kappa shape index (κ3) is 1.86. The number of phenolic OH excluding ortho intramolecular Hbond substituents is 2. The van der Waals surface area contributed by atoms with Crippen LogP contribution in [0.2, 0.25) is 0 Å². The molecule has 0 aromatic heterocycles. The summed E-state index contributed by atoms with van der Waals surface area (Å²) in [6.07, 6.45) is 4.26. The maximum Gasteiger partial charge on any atom is 0.194 e. The Balaban J connectivity index is 2.43. The lowest BCUT2D eigenvalue weighted by Crippen LogP contribution is -2.02. The number of fused-ring (bicyclic) bond motifs is 3. The van der Waals surface area contributed by atoms with Gasteiger partial charge in [-0.1, -0.05) is 24.3 Å². The van der Waals surface area contributed by atoms with E-state index in [0.29, 0.717) is 40.7 Å². The summed E-state index contributed by atoms with van der Waals surface area (Å²) in [6, 6.07) is 6.56. The van der Waals surface area contributed by atoms with Gasteiger partial charge in [-0.05, 0) is 30.5 Å². The van der Waals surface area contributed by atoms with Crippen molar-refractivity contribution in [3.05, 3.63) is 71.8 Å². The molecule has 110 valence electrons. The SMILES string of the molecule is C=CCc1cc(O)c(CC=C)c2c1-c1c(O)cccc1C2=O. The Kier molecular flexibility index (Phi) is 3.33. The number of rotatable bonds is 4. The van der Waals surface area contributed by atoms with Crippen LogP contribution in [0.4, 0.5) is 0 Å². The van der Waals surface area contributed by atoms with E-state index in [2.05, 4.69) is 13.2 Å². The number of carbonyl (C=O) groups is 1. The summed E-state index contributed by atoms with van der Waals surface area (Å²) < 4.78 is 0. The maximum absolute atomic E-state index is 12.8. The zero-order valence-electron chi connectivity index (χ0n) is 12.1. The summed E-state index contributed by atoms with van der Waals surface area (Å²) in [4.78, 5) is 12.8. The molecule has 0 unspecified atom stereocenters. The third-order valence-corrected chi connectivity index (χ3v) is 3.97. The van der Waals surface area contributed by atoms with E-state index >= 15 is 0 Å². The van der Waals surface area contributed by atoms with Crippen LogP contribution in [0.1, 0.15) is 27.0 Å². The minimum Gasteiger partial charge on any atom is -0.508 e. The Morgan fingerprint density at radius 2 is 1.68 bits per heavy atom. The summed E-state index contributed by atoms with van der Waals surface area (Å²) >= 11 is 0. The van der Waals surface area contributed by atoms with Crippen molar-refractivity contribution in [1.82, 2.24) is 0 Å². The molecule has 0 amide bonds. The van der Waals surface area contributed by atoms with Gasteiger partial charge in [-0.3, -0.25) is 4.79 Å². The zero-order valence-corrected chi connectivity index (χ0v) is 12.1. The first kappa shape index (κ1) is 14.1. The molecule has 3 nitrogen and oxygen atoms in total. The molecule has 0 radical (unpaired) electrons. The van der Waals surface area contributed by atoms with Crippen LogP contribution in [-0.4, -0.2) is 16.0 Å². The van der Waals surface area contributed by atoms with Crippen LogP contribution in [0, 0.1) is 0 Å². The fourth-order valence-electron chi connectivity index (χ4n) is 3.09. The van der Waals surface area contributed by atoms with Crippen molar-refractivity contribution in [2.75, 3.05) is 0 Å². The fourth-order valence-corrected chi connectivity index (χ4v) is 3.09. The highest BCUT2D eigenvalue weighted by atomic mass is 16.3. The summed E-state index contributed by atoms with van der Waals surface area (Å²) in [5, 5.41) is 20.5. The number of phenols is 2. The Hall–Kier alpha value is -2.81. The summed E-state index contributed by atoms with van der Waals surface area (Å²) in [7, 11) is 0. The van der Waals surface area contributed by atoms with Gasteiger partial charge in [0, 0.05) is 27.8 Å². The first-order valence-electron chi connectivity index (χ1n) is 7.06. The largest absolute Gasteiger partial charge is 0.508 e. The van der Waals surface area contributed by atoms with Gasteiger partial charge in [0.1, 0.15) is 11.5 Å². The molecule has 0 saturated heterocycles. The molecule has 2 aromatic rings. The van der Waals surface area contributed by atoms with Crippen LogP contribution < -0.4 is 0 Å². The average molecular weight is 292 g/mol. The minimum absolute atomic E-state index is 0.0742. The van der Waals surface area contributed by atoms with Crippen LogP contribution in [-0.2, 0) is 12.8 Å². The summed E-state index contributed by atoms with van der Waals surface area (Å²) in [5.41, 5.74) is 3.52. The maximum atomic E-state index is 12.8. The van der Waals surface area contributed by atoms with Crippen molar-refractivity contribution < 1.29 is 15.0 Å². The molecule has 0 heterocycles. The lowest BCUT2D eigenvalue weighted by Gasteiger charge is -2.13. The molecule has 0 atom stereocenters. The van der Waals surface area contributed by atoms with Crippen LogP contribution in [0.25, 0.3) is 11.1 Å². The molecular formula is C19H16O3. The number of benzene rings is 2. The van der Waals surface area contributed by atoms with Crippen LogP contribution in [0.15, 0.2) is 49.6 Å². The standard InChI is InChI=1S/C19H16O3/c1-3-6-11-10-15(21)12(7-4-2)18-16(11)17-13(19(18)22)8-5-9-14(17)20/h3-5,8-10,20-21H,1-2,6-7H2. The molecule has 0 saturated carbocycles. The summed E-state index contributed by atoms with van der Waals surface area (Å²) in [5.74, 6) is -0.0136.